The Morgan fingerprint density at radius 3 is 2.39 bits per heavy atom. The van der Waals surface area contributed by atoms with Gasteiger partial charge >= 0.3 is 5.69 Å². The lowest BCUT2D eigenvalue weighted by Crippen LogP contribution is -2.14. The van der Waals surface area contributed by atoms with Crippen LogP contribution < -0.4 is 14.8 Å². The lowest BCUT2D eigenvalue weighted by Gasteiger charge is -2.12. The van der Waals surface area contributed by atoms with Crippen molar-refractivity contribution in [3.05, 3.63) is 96.5 Å². The van der Waals surface area contributed by atoms with Crippen LogP contribution in [-0.2, 0) is 4.79 Å². The summed E-state index contributed by atoms with van der Waals surface area (Å²) >= 11 is 6.14. The Bertz CT molecular complexity index is 1430. The molecule has 3 aromatic rings. The Kier molecular flexibility index (Phi) is 7.83. The number of para-hydroxylation sites is 1. The number of amides is 1. The first kappa shape index (κ1) is 25.7. The molecule has 0 atom stereocenters. The molecule has 0 unspecified atom stereocenters. The SMILES string of the molecule is COc1cc(/C=C(\C#N)C(=O)Nc2c(C)cccc2Cl)ccc1Oc1ccc([N+](=O)[O-])cc1[N+](=O)[O-]. The highest BCUT2D eigenvalue weighted by Crippen LogP contribution is 2.38. The van der Waals surface area contributed by atoms with E-state index in [-0.39, 0.29) is 22.8 Å². The van der Waals surface area contributed by atoms with Gasteiger partial charge in [0.15, 0.2) is 11.5 Å². The number of carbonyl (C=O) groups excluding carboxylic acids is 1. The van der Waals surface area contributed by atoms with Crippen LogP contribution in [0.25, 0.3) is 6.08 Å². The number of halogens is 1. The number of nitro groups is 2. The van der Waals surface area contributed by atoms with E-state index in [1.54, 1.807) is 25.1 Å². The Hall–Kier alpha value is -4.95. The summed E-state index contributed by atoms with van der Waals surface area (Å²) in [7, 11) is 1.33. The number of ether oxygens (including phenoxy) is 2. The molecule has 0 bridgehead atoms. The van der Waals surface area contributed by atoms with Gasteiger partial charge in [0.1, 0.15) is 11.6 Å². The molecule has 0 aliphatic carbocycles. The van der Waals surface area contributed by atoms with Gasteiger partial charge in [0.25, 0.3) is 11.6 Å². The normalized spacial score (nSPS) is 10.8. The predicted octanol–water partition coefficient (Wildman–Crippen LogP) is 5.81. The average Bonchev–Trinajstić information content (AvgIpc) is 2.85. The maximum absolute atomic E-state index is 12.7. The molecule has 0 saturated heterocycles. The van der Waals surface area contributed by atoms with Crippen molar-refractivity contribution in [1.82, 2.24) is 0 Å². The summed E-state index contributed by atoms with van der Waals surface area (Å²) in [5.41, 5.74) is 0.230. The van der Waals surface area contributed by atoms with Crippen LogP contribution in [0, 0.1) is 38.5 Å². The highest BCUT2D eigenvalue weighted by molar-refractivity contribution is 6.34. The molecule has 0 aliphatic rings. The number of hydrogen-bond donors (Lipinski definition) is 1. The number of aryl methyl sites for hydroxylation is 1. The van der Waals surface area contributed by atoms with E-state index in [4.69, 9.17) is 21.1 Å². The quantitative estimate of drug-likeness (QED) is 0.173. The standard InChI is InChI=1S/C24H17ClN4O7/c1-14-4-3-5-18(25)23(14)27-24(30)16(13-26)10-15-6-8-21(22(11-15)35-2)36-20-9-7-17(28(31)32)12-19(20)29(33)34/h3-12H,1-2H3,(H,27,30)/b16-10+. The van der Waals surface area contributed by atoms with Crippen molar-refractivity contribution in [3.8, 4) is 23.3 Å². The van der Waals surface area contributed by atoms with Gasteiger partial charge in [0.05, 0.1) is 33.7 Å². The van der Waals surface area contributed by atoms with Crippen molar-refractivity contribution < 1.29 is 24.1 Å². The molecule has 0 heterocycles. The molecule has 182 valence electrons. The summed E-state index contributed by atoms with van der Waals surface area (Å²) in [6.45, 7) is 1.76. The zero-order valence-electron chi connectivity index (χ0n) is 18.9. The molecule has 12 heteroatoms. The highest BCUT2D eigenvalue weighted by atomic mass is 35.5. The van der Waals surface area contributed by atoms with Crippen LogP contribution in [0.15, 0.2) is 60.2 Å². The van der Waals surface area contributed by atoms with Crippen LogP contribution >= 0.6 is 11.6 Å². The largest absolute Gasteiger partial charge is 0.493 e. The van der Waals surface area contributed by atoms with Gasteiger partial charge in [-0.1, -0.05) is 29.8 Å². The first-order valence-electron chi connectivity index (χ1n) is 10.1. The molecule has 36 heavy (non-hydrogen) atoms. The molecule has 0 fully saturated rings. The number of hydrogen-bond acceptors (Lipinski definition) is 8. The first-order valence-corrected chi connectivity index (χ1v) is 10.5. The summed E-state index contributed by atoms with van der Waals surface area (Å²) in [5.74, 6) is -0.703. The van der Waals surface area contributed by atoms with E-state index < -0.39 is 27.1 Å². The summed E-state index contributed by atoms with van der Waals surface area (Å²) in [5, 5.41) is 34.8. The minimum absolute atomic E-state index is 0.0706. The third kappa shape index (κ3) is 5.75. The summed E-state index contributed by atoms with van der Waals surface area (Å²) in [4.78, 5) is 33.4. The van der Waals surface area contributed by atoms with E-state index >= 15 is 0 Å². The number of nitro benzene ring substituents is 2. The fourth-order valence-electron chi connectivity index (χ4n) is 3.11. The van der Waals surface area contributed by atoms with E-state index in [0.29, 0.717) is 16.3 Å². The van der Waals surface area contributed by atoms with Gasteiger partial charge in [-0.25, -0.2) is 0 Å². The van der Waals surface area contributed by atoms with Crippen molar-refractivity contribution in [1.29, 1.82) is 5.26 Å². The molecule has 3 aromatic carbocycles. The van der Waals surface area contributed by atoms with E-state index in [1.807, 2.05) is 6.07 Å². The fourth-order valence-corrected chi connectivity index (χ4v) is 3.38. The molecule has 1 amide bonds. The zero-order valence-corrected chi connectivity index (χ0v) is 19.6. The molecule has 3 rings (SSSR count). The third-order valence-electron chi connectivity index (χ3n) is 4.89. The van der Waals surface area contributed by atoms with Gasteiger partial charge in [-0.15, -0.1) is 0 Å². The van der Waals surface area contributed by atoms with Gasteiger partial charge in [0, 0.05) is 6.07 Å². The Balaban J connectivity index is 1.90. The van der Waals surface area contributed by atoms with Crippen LogP contribution in [0.5, 0.6) is 17.2 Å². The van der Waals surface area contributed by atoms with Crippen molar-refractivity contribution >= 4 is 40.6 Å². The van der Waals surface area contributed by atoms with Crippen LogP contribution in [-0.4, -0.2) is 22.9 Å². The molecule has 0 radical (unpaired) electrons. The average molecular weight is 509 g/mol. The number of nitriles is 1. The number of carbonyl (C=O) groups is 1. The van der Waals surface area contributed by atoms with Crippen LogP contribution in [0.2, 0.25) is 5.02 Å². The van der Waals surface area contributed by atoms with Crippen molar-refractivity contribution in [2.24, 2.45) is 0 Å². The molecular weight excluding hydrogens is 492 g/mol. The fraction of sp³-hybridized carbons (Fsp3) is 0.0833. The molecule has 0 saturated carbocycles. The van der Waals surface area contributed by atoms with Crippen LogP contribution in [0.3, 0.4) is 0 Å². The monoisotopic (exact) mass is 508 g/mol. The molecule has 0 aromatic heterocycles. The van der Waals surface area contributed by atoms with Gasteiger partial charge in [-0.3, -0.25) is 25.0 Å². The first-order chi connectivity index (χ1) is 17.1. The maximum atomic E-state index is 12.7. The number of methoxy groups -OCH3 is 1. The molecule has 1 N–H and O–H groups in total. The summed E-state index contributed by atoms with van der Waals surface area (Å²) in [6.07, 6.45) is 1.32. The van der Waals surface area contributed by atoms with E-state index in [1.165, 1.54) is 31.4 Å². The lowest BCUT2D eigenvalue weighted by molar-refractivity contribution is -0.394. The Labute approximate surface area is 209 Å². The molecule has 0 aliphatic heterocycles. The number of nitrogens with zero attached hydrogens (tertiary/aromatic N) is 3. The number of non-ortho nitro benzene ring substituents is 1. The van der Waals surface area contributed by atoms with E-state index in [2.05, 4.69) is 5.32 Å². The number of anilines is 1. The Morgan fingerprint density at radius 1 is 1.06 bits per heavy atom. The second kappa shape index (κ2) is 11.0. The third-order valence-corrected chi connectivity index (χ3v) is 5.21. The van der Waals surface area contributed by atoms with Gasteiger partial charge < -0.3 is 14.8 Å². The predicted molar refractivity (Wildman–Crippen MR) is 131 cm³/mol. The second-order valence-corrected chi connectivity index (χ2v) is 7.64. The summed E-state index contributed by atoms with van der Waals surface area (Å²) in [6, 6.07) is 14.3. The maximum Gasteiger partial charge on any atom is 0.318 e. The number of benzene rings is 3. The number of nitrogens with one attached hydrogen (secondary N) is 1. The smallest absolute Gasteiger partial charge is 0.318 e. The highest BCUT2D eigenvalue weighted by Gasteiger charge is 2.22. The minimum Gasteiger partial charge on any atom is -0.493 e. The van der Waals surface area contributed by atoms with Gasteiger partial charge in [0.2, 0.25) is 5.75 Å². The second-order valence-electron chi connectivity index (χ2n) is 7.23. The topological polar surface area (TPSA) is 158 Å². The van der Waals surface area contributed by atoms with E-state index in [9.17, 15) is 30.3 Å². The molecule has 0 spiro atoms. The van der Waals surface area contributed by atoms with Gasteiger partial charge in [-0.2, -0.15) is 5.26 Å². The Morgan fingerprint density at radius 2 is 1.78 bits per heavy atom. The zero-order chi connectivity index (χ0) is 26.4. The van der Waals surface area contributed by atoms with Crippen LogP contribution in [0.1, 0.15) is 11.1 Å². The molecule has 11 nitrogen and oxygen atoms in total. The van der Waals surface area contributed by atoms with Crippen molar-refractivity contribution in [3.63, 3.8) is 0 Å². The molecular formula is C24H17ClN4O7. The van der Waals surface area contributed by atoms with Crippen molar-refractivity contribution in [2.75, 3.05) is 12.4 Å². The summed E-state index contributed by atoms with van der Waals surface area (Å²) < 4.78 is 10.9. The number of rotatable bonds is 8. The minimum atomic E-state index is -0.801. The lowest BCUT2D eigenvalue weighted by atomic mass is 10.1. The van der Waals surface area contributed by atoms with Crippen LogP contribution in [0.4, 0.5) is 17.1 Å². The van der Waals surface area contributed by atoms with Crippen molar-refractivity contribution in [2.45, 2.75) is 6.92 Å². The van der Waals surface area contributed by atoms with E-state index in [0.717, 1.165) is 23.8 Å². The van der Waals surface area contributed by atoms with Gasteiger partial charge in [-0.05, 0) is 48.4 Å².